The molecule has 0 bridgehead atoms. The molecule has 0 saturated heterocycles. The fourth-order valence-electron chi connectivity index (χ4n) is 1.63. The van der Waals surface area contributed by atoms with E-state index in [1.807, 2.05) is 24.3 Å². The van der Waals surface area contributed by atoms with E-state index in [0.717, 1.165) is 22.7 Å². The highest BCUT2D eigenvalue weighted by molar-refractivity contribution is 6.33. The van der Waals surface area contributed by atoms with Gasteiger partial charge in [0.2, 0.25) is 0 Å². The summed E-state index contributed by atoms with van der Waals surface area (Å²) >= 11 is 0. The van der Waals surface area contributed by atoms with E-state index in [0.29, 0.717) is 5.56 Å². The highest BCUT2D eigenvalue weighted by Gasteiger charge is 2.07. The number of ketones is 1. The van der Waals surface area contributed by atoms with Crippen molar-refractivity contribution in [2.24, 2.45) is 0 Å². The van der Waals surface area contributed by atoms with Crippen LogP contribution < -0.4 is 4.74 Å². The lowest BCUT2D eigenvalue weighted by molar-refractivity contribution is 0.00235. The van der Waals surface area contributed by atoms with Gasteiger partial charge in [0.05, 0.1) is 7.11 Å². The summed E-state index contributed by atoms with van der Waals surface area (Å²) in [7, 11) is 1.61. The number of carbonyl (C=O) groups is 1. The van der Waals surface area contributed by atoms with Crippen LogP contribution in [0.1, 0.15) is 10.4 Å². The van der Waals surface area contributed by atoms with E-state index in [2.05, 4.69) is 4.79 Å². The molecule has 0 heterocycles. The minimum absolute atomic E-state index is 0.329. The van der Waals surface area contributed by atoms with Gasteiger partial charge in [0.1, 0.15) is 5.75 Å². The molecule has 2 aromatic carbocycles. The minimum Gasteiger partial charge on any atom is -0.497 e. The molecule has 4 heteroatoms. The Morgan fingerprint density at radius 2 is 1.94 bits per heavy atom. The topological polar surface area (TPSA) is 62.7 Å². The van der Waals surface area contributed by atoms with Gasteiger partial charge in [-0.25, -0.2) is 0 Å². The Morgan fingerprint density at radius 3 is 2.65 bits per heavy atom. The molecule has 0 aliphatic carbocycles. The monoisotopic (exact) mass is 226 g/mol. The maximum atomic E-state index is 11.5. The number of hydrogen-bond donors (Lipinski definition) is 0. The zero-order chi connectivity index (χ0) is 12.3. The Labute approximate surface area is 98.1 Å². The Bertz CT molecular complexity index is 628. The van der Waals surface area contributed by atoms with E-state index in [1.165, 1.54) is 0 Å². The number of benzene rings is 2. The summed E-state index contributed by atoms with van der Waals surface area (Å²) in [5.41, 5.74) is 8.80. The van der Waals surface area contributed by atoms with Crippen LogP contribution in [0.4, 0.5) is 0 Å². The van der Waals surface area contributed by atoms with Gasteiger partial charge in [-0.05, 0) is 29.0 Å². The summed E-state index contributed by atoms with van der Waals surface area (Å²) in [6.07, 6.45) is 0.880. The van der Waals surface area contributed by atoms with Gasteiger partial charge in [-0.15, -0.1) is 0 Å². The number of methoxy groups -OCH3 is 1. The first-order chi connectivity index (χ1) is 8.24. The van der Waals surface area contributed by atoms with Crippen molar-refractivity contribution in [1.82, 2.24) is 0 Å². The van der Waals surface area contributed by atoms with Crippen LogP contribution in [0.15, 0.2) is 36.4 Å². The van der Waals surface area contributed by atoms with Crippen molar-refractivity contribution in [2.45, 2.75) is 0 Å². The van der Waals surface area contributed by atoms with E-state index in [-0.39, 0.29) is 5.78 Å². The van der Waals surface area contributed by atoms with E-state index in [4.69, 9.17) is 10.3 Å². The Morgan fingerprint density at radius 1 is 1.24 bits per heavy atom. The predicted molar refractivity (Wildman–Crippen MR) is 64.5 cm³/mol. The van der Waals surface area contributed by atoms with Crippen LogP contribution in [-0.2, 0) is 0 Å². The van der Waals surface area contributed by atoms with Gasteiger partial charge < -0.3 is 10.3 Å². The quantitative estimate of drug-likeness (QED) is 0.349. The van der Waals surface area contributed by atoms with Crippen molar-refractivity contribution in [2.75, 3.05) is 7.11 Å². The molecule has 0 amide bonds. The number of Topliss-reactive ketones (excluding diaryl/α,β-unsaturated/α-hetero) is 1. The molecular formula is C13H10N2O2. The molecule has 4 nitrogen and oxygen atoms in total. The largest absolute Gasteiger partial charge is 0.497 e. The molecule has 84 valence electrons. The maximum absolute atomic E-state index is 11.5. The zero-order valence-corrected chi connectivity index (χ0v) is 9.25. The lowest BCUT2D eigenvalue weighted by atomic mass is 10.0. The fourth-order valence-corrected chi connectivity index (χ4v) is 1.63. The number of nitrogens with zero attached hydrogens (tertiary/aromatic N) is 2. The summed E-state index contributed by atoms with van der Waals surface area (Å²) < 4.78 is 5.12. The van der Waals surface area contributed by atoms with Crippen molar-refractivity contribution in [3.05, 3.63) is 47.5 Å². The fraction of sp³-hybridized carbons (Fsp3) is 0.0769. The van der Waals surface area contributed by atoms with Crippen LogP contribution in [0.25, 0.3) is 16.3 Å². The van der Waals surface area contributed by atoms with Crippen LogP contribution in [0.5, 0.6) is 5.75 Å². The number of carbonyl (C=O) groups excluding carboxylic acids is 1. The Hall–Kier alpha value is -2.45. The lowest BCUT2D eigenvalue weighted by Crippen LogP contribution is -2.00. The molecule has 0 N–H and O–H groups in total. The predicted octanol–water partition coefficient (Wildman–Crippen LogP) is 2.33. The summed E-state index contributed by atoms with van der Waals surface area (Å²) in [4.78, 5) is 14.2. The van der Waals surface area contributed by atoms with E-state index >= 15 is 0 Å². The third kappa shape index (κ3) is 2.22. The van der Waals surface area contributed by atoms with Crippen LogP contribution >= 0.6 is 0 Å². The third-order valence-electron chi connectivity index (χ3n) is 2.51. The number of ether oxygens (including phenoxy) is 1. The average Bonchev–Trinajstić information content (AvgIpc) is 2.37. The third-order valence-corrected chi connectivity index (χ3v) is 2.51. The first-order valence-corrected chi connectivity index (χ1v) is 5.04. The highest BCUT2D eigenvalue weighted by atomic mass is 16.5. The number of hydrogen-bond acceptors (Lipinski definition) is 2. The van der Waals surface area contributed by atoms with E-state index in [9.17, 15) is 4.79 Å². The van der Waals surface area contributed by atoms with Crippen LogP contribution in [-0.4, -0.2) is 23.9 Å². The molecule has 0 radical (unpaired) electrons. The molecule has 0 aromatic heterocycles. The molecule has 0 unspecified atom stereocenters. The van der Waals surface area contributed by atoms with Crippen LogP contribution in [0.3, 0.4) is 0 Å². The molecule has 0 aliphatic rings. The smallest absolute Gasteiger partial charge is 0.328 e. The van der Waals surface area contributed by atoms with E-state index in [1.54, 1.807) is 19.2 Å². The normalized spacial score (nSPS) is 9.71. The zero-order valence-electron chi connectivity index (χ0n) is 9.25. The first-order valence-electron chi connectivity index (χ1n) is 5.04. The summed E-state index contributed by atoms with van der Waals surface area (Å²) in [6.45, 7) is 0. The van der Waals surface area contributed by atoms with Gasteiger partial charge in [-0.2, -0.15) is 4.79 Å². The minimum atomic E-state index is -0.329. The maximum Gasteiger partial charge on any atom is 0.328 e. The molecule has 17 heavy (non-hydrogen) atoms. The van der Waals surface area contributed by atoms with Crippen molar-refractivity contribution in [3.63, 3.8) is 0 Å². The summed E-state index contributed by atoms with van der Waals surface area (Å²) in [6, 6.07) is 10.9. The molecule has 0 saturated carbocycles. The van der Waals surface area contributed by atoms with Gasteiger partial charge >= 0.3 is 6.21 Å². The standard InChI is InChI=1S/C13H10N2O2/c1-17-12-5-4-9-6-11(13(16)8-15-14)3-2-10(9)7-12/h2-8H,1H3. The number of fused-ring (bicyclic) bond motifs is 1. The Kier molecular flexibility index (Phi) is 2.99. The first kappa shape index (κ1) is 11.0. The SMILES string of the molecule is COc1ccc2cc(C(=O)C=[N+]=[N-])ccc2c1. The molecule has 0 fully saturated rings. The molecule has 0 aliphatic heterocycles. The van der Waals surface area contributed by atoms with Gasteiger partial charge in [-0.1, -0.05) is 18.2 Å². The second-order valence-electron chi connectivity index (χ2n) is 3.54. The summed E-state index contributed by atoms with van der Waals surface area (Å²) in [5, 5.41) is 1.92. The lowest BCUT2D eigenvalue weighted by Gasteiger charge is -2.03. The van der Waals surface area contributed by atoms with Crippen molar-refractivity contribution < 1.29 is 14.3 Å². The van der Waals surface area contributed by atoms with Crippen LogP contribution in [0, 0.1) is 0 Å². The van der Waals surface area contributed by atoms with E-state index < -0.39 is 0 Å². The van der Waals surface area contributed by atoms with Crippen molar-refractivity contribution in [3.8, 4) is 5.75 Å². The average molecular weight is 226 g/mol. The van der Waals surface area contributed by atoms with Crippen molar-refractivity contribution in [1.29, 1.82) is 0 Å². The second-order valence-corrected chi connectivity index (χ2v) is 3.54. The Balaban J connectivity index is 2.51. The van der Waals surface area contributed by atoms with Gasteiger partial charge in [0.15, 0.2) is 0 Å². The van der Waals surface area contributed by atoms with Gasteiger partial charge in [0, 0.05) is 5.56 Å². The molecule has 0 atom stereocenters. The van der Waals surface area contributed by atoms with Crippen molar-refractivity contribution >= 4 is 22.8 Å². The molecule has 2 aromatic rings. The van der Waals surface area contributed by atoms with Crippen LogP contribution in [0.2, 0.25) is 0 Å². The van der Waals surface area contributed by atoms with Gasteiger partial charge in [-0.3, -0.25) is 4.79 Å². The number of rotatable bonds is 3. The molecule has 2 rings (SSSR count). The summed E-state index contributed by atoms with van der Waals surface area (Å²) in [5.74, 6) is 0.443. The second kappa shape index (κ2) is 4.60. The molecule has 0 spiro atoms. The highest BCUT2D eigenvalue weighted by Crippen LogP contribution is 2.21. The van der Waals surface area contributed by atoms with Gasteiger partial charge in [0.25, 0.3) is 5.78 Å². The molecular weight excluding hydrogens is 216 g/mol.